The molecule has 0 saturated carbocycles. The van der Waals surface area contributed by atoms with Crippen molar-refractivity contribution in [2.75, 3.05) is 19.3 Å². The Kier molecular flexibility index (Phi) is 2.82. The maximum absolute atomic E-state index is 9.16. The molecule has 0 aromatic rings. The van der Waals surface area contributed by atoms with E-state index in [9.17, 15) is 0 Å². The number of hydrogen-bond acceptors (Lipinski definition) is 3. The van der Waals surface area contributed by atoms with Crippen LogP contribution >= 0.6 is 11.9 Å². The van der Waals surface area contributed by atoms with Gasteiger partial charge in [-0.25, -0.2) is 4.31 Å². The molecule has 1 N–H and O–H groups in total. The van der Waals surface area contributed by atoms with Gasteiger partial charge in [0, 0.05) is 13.1 Å². The molecule has 1 rings (SSSR count). The van der Waals surface area contributed by atoms with E-state index in [0.29, 0.717) is 0 Å². The Balaban J connectivity index is 2.23. The standard InChI is InChI=1S/C6H13NOS/c1-9-7-4-2-3-6(8)5-7/h6,8H,2-5H2,1H3. The van der Waals surface area contributed by atoms with Crippen LogP contribution in [0.5, 0.6) is 0 Å². The predicted molar refractivity (Wildman–Crippen MR) is 40.3 cm³/mol. The lowest BCUT2D eigenvalue weighted by molar-refractivity contribution is 0.113. The van der Waals surface area contributed by atoms with Gasteiger partial charge in [0.15, 0.2) is 0 Å². The number of piperidine rings is 1. The Hall–Kier alpha value is 0.270. The monoisotopic (exact) mass is 147 g/mol. The molecule has 9 heavy (non-hydrogen) atoms. The number of nitrogens with zero attached hydrogens (tertiary/aromatic N) is 1. The summed E-state index contributed by atoms with van der Waals surface area (Å²) in [4.78, 5) is 0. The molecular weight excluding hydrogens is 134 g/mol. The van der Waals surface area contributed by atoms with Crippen molar-refractivity contribution >= 4 is 11.9 Å². The van der Waals surface area contributed by atoms with Crippen LogP contribution in [0.4, 0.5) is 0 Å². The lowest BCUT2D eigenvalue weighted by atomic mass is 10.1. The van der Waals surface area contributed by atoms with Crippen LogP contribution in [0.15, 0.2) is 0 Å². The first-order chi connectivity index (χ1) is 4.33. The Labute approximate surface area is 60.4 Å². The zero-order valence-corrected chi connectivity index (χ0v) is 6.52. The Morgan fingerprint density at radius 1 is 1.67 bits per heavy atom. The number of rotatable bonds is 1. The third kappa shape index (κ3) is 2.16. The third-order valence-electron chi connectivity index (χ3n) is 1.62. The highest BCUT2D eigenvalue weighted by Gasteiger charge is 2.15. The molecule has 2 nitrogen and oxygen atoms in total. The highest BCUT2D eigenvalue weighted by Crippen LogP contribution is 2.15. The number of β-amino-alcohol motifs (C(OH)–C–C–N with tert-alkyl or cyclic N) is 1. The van der Waals surface area contributed by atoms with Gasteiger partial charge in [0.05, 0.1) is 6.10 Å². The van der Waals surface area contributed by atoms with E-state index in [1.54, 1.807) is 11.9 Å². The van der Waals surface area contributed by atoms with Crippen LogP contribution in [-0.2, 0) is 0 Å². The Morgan fingerprint density at radius 3 is 2.89 bits per heavy atom. The fourth-order valence-electron chi connectivity index (χ4n) is 1.09. The van der Waals surface area contributed by atoms with Gasteiger partial charge in [-0.05, 0) is 19.1 Å². The van der Waals surface area contributed by atoms with Crippen LogP contribution < -0.4 is 0 Å². The van der Waals surface area contributed by atoms with E-state index in [4.69, 9.17) is 5.11 Å². The fraction of sp³-hybridized carbons (Fsp3) is 1.00. The van der Waals surface area contributed by atoms with Crippen LogP contribution in [0.1, 0.15) is 12.8 Å². The topological polar surface area (TPSA) is 23.5 Å². The molecule has 1 saturated heterocycles. The van der Waals surface area contributed by atoms with E-state index < -0.39 is 0 Å². The van der Waals surface area contributed by atoms with Crippen molar-refractivity contribution in [1.82, 2.24) is 4.31 Å². The molecule has 1 fully saturated rings. The van der Waals surface area contributed by atoms with Crippen molar-refractivity contribution in [2.24, 2.45) is 0 Å². The zero-order valence-electron chi connectivity index (χ0n) is 5.71. The molecule has 0 bridgehead atoms. The average Bonchev–Trinajstić information content (AvgIpc) is 1.88. The van der Waals surface area contributed by atoms with Crippen molar-refractivity contribution < 1.29 is 5.11 Å². The molecule has 0 spiro atoms. The minimum absolute atomic E-state index is 0.0776. The smallest absolute Gasteiger partial charge is 0.0677 e. The maximum Gasteiger partial charge on any atom is 0.0677 e. The van der Waals surface area contributed by atoms with Crippen LogP contribution in [-0.4, -0.2) is 34.9 Å². The van der Waals surface area contributed by atoms with Crippen molar-refractivity contribution in [3.63, 3.8) is 0 Å². The van der Waals surface area contributed by atoms with E-state index in [1.165, 1.54) is 0 Å². The molecule has 1 aliphatic rings. The molecular formula is C6H13NOS. The summed E-state index contributed by atoms with van der Waals surface area (Å²) in [6, 6.07) is 0. The number of aliphatic hydroxyl groups is 1. The average molecular weight is 147 g/mol. The van der Waals surface area contributed by atoms with Gasteiger partial charge in [-0.3, -0.25) is 0 Å². The van der Waals surface area contributed by atoms with Gasteiger partial charge in [-0.15, -0.1) is 0 Å². The van der Waals surface area contributed by atoms with Crippen LogP contribution in [0.25, 0.3) is 0 Å². The molecule has 1 heterocycles. The summed E-state index contributed by atoms with van der Waals surface area (Å²) in [6.07, 6.45) is 4.10. The van der Waals surface area contributed by atoms with Crippen LogP contribution in [0.2, 0.25) is 0 Å². The van der Waals surface area contributed by atoms with Crippen molar-refractivity contribution in [3.05, 3.63) is 0 Å². The second-order valence-electron chi connectivity index (χ2n) is 2.37. The fourth-order valence-corrected chi connectivity index (χ4v) is 1.72. The molecule has 1 aliphatic heterocycles. The Morgan fingerprint density at radius 2 is 2.44 bits per heavy atom. The SMILES string of the molecule is CSN1CCCC(O)C1. The lowest BCUT2D eigenvalue weighted by Crippen LogP contribution is -2.33. The molecule has 0 aromatic heterocycles. The summed E-state index contributed by atoms with van der Waals surface area (Å²) >= 11 is 1.72. The summed E-state index contributed by atoms with van der Waals surface area (Å²) in [5, 5.41) is 9.16. The zero-order chi connectivity index (χ0) is 6.69. The summed E-state index contributed by atoms with van der Waals surface area (Å²) < 4.78 is 2.20. The molecule has 0 amide bonds. The predicted octanol–water partition coefficient (Wildman–Crippen LogP) is 0.721. The molecule has 1 atom stereocenters. The second kappa shape index (κ2) is 3.44. The van der Waals surface area contributed by atoms with E-state index >= 15 is 0 Å². The highest BCUT2D eigenvalue weighted by atomic mass is 32.2. The molecule has 0 aromatic carbocycles. The van der Waals surface area contributed by atoms with Gasteiger partial charge in [-0.1, -0.05) is 11.9 Å². The van der Waals surface area contributed by atoms with E-state index in [2.05, 4.69) is 10.6 Å². The van der Waals surface area contributed by atoms with Gasteiger partial charge in [0.2, 0.25) is 0 Å². The van der Waals surface area contributed by atoms with Crippen molar-refractivity contribution in [3.8, 4) is 0 Å². The van der Waals surface area contributed by atoms with Gasteiger partial charge in [0.25, 0.3) is 0 Å². The Bertz CT molecular complexity index is 89.1. The molecule has 54 valence electrons. The minimum atomic E-state index is -0.0776. The van der Waals surface area contributed by atoms with Gasteiger partial charge < -0.3 is 5.11 Å². The molecule has 0 radical (unpaired) electrons. The molecule has 3 heteroatoms. The highest BCUT2D eigenvalue weighted by molar-refractivity contribution is 7.96. The second-order valence-corrected chi connectivity index (χ2v) is 3.25. The van der Waals surface area contributed by atoms with Crippen LogP contribution in [0.3, 0.4) is 0 Å². The number of hydrogen-bond donors (Lipinski definition) is 1. The molecule has 1 unspecified atom stereocenters. The summed E-state index contributed by atoms with van der Waals surface area (Å²) in [5.74, 6) is 0. The first-order valence-corrected chi connectivity index (χ1v) is 4.48. The normalized spacial score (nSPS) is 30.7. The van der Waals surface area contributed by atoms with E-state index in [1.807, 2.05) is 0 Å². The summed E-state index contributed by atoms with van der Waals surface area (Å²) in [7, 11) is 0. The van der Waals surface area contributed by atoms with Gasteiger partial charge in [-0.2, -0.15) is 0 Å². The molecule has 0 aliphatic carbocycles. The van der Waals surface area contributed by atoms with Crippen molar-refractivity contribution in [2.45, 2.75) is 18.9 Å². The van der Waals surface area contributed by atoms with Crippen molar-refractivity contribution in [1.29, 1.82) is 0 Å². The largest absolute Gasteiger partial charge is 0.392 e. The van der Waals surface area contributed by atoms with Gasteiger partial charge in [0.1, 0.15) is 0 Å². The first-order valence-electron chi connectivity index (χ1n) is 3.30. The lowest BCUT2D eigenvalue weighted by Gasteiger charge is -2.27. The van der Waals surface area contributed by atoms with Gasteiger partial charge >= 0.3 is 0 Å². The third-order valence-corrected chi connectivity index (χ3v) is 2.47. The first kappa shape index (κ1) is 7.38. The summed E-state index contributed by atoms with van der Waals surface area (Å²) in [6.45, 7) is 1.99. The number of aliphatic hydroxyl groups excluding tert-OH is 1. The maximum atomic E-state index is 9.16. The minimum Gasteiger partial charge on any atom is -0.392 e. The summed E-state index contributed by atoms with van der Waals surface area (Å²) in [5.41, 5.74) is 0. The van der Waals surface area contributed by atoms with E-state index in [-0.39, 0.29) is 6.10 Å². The quantitative estimate of drug-likeness (QED) is 0.553. The van der Waals surface area contributed by atoms with Crippen LogP contribution in [0, 0.1) is 0 Å². The van der Waals surface area contributed by atoms with E-state index in [0.717, 1.165) is 25.9 Å².